The Kier molecular flexibility index (Phi) is 3.23. The van der Waals surface area contributed by atoms with Crippen molar-refractivity contribution in [2.45, 2.75) is 12.7 Å². The van der Waals surface area contributed by atoms with Crippen LogP contribution in [0, 0.1) is 0 Å². The molecule has 0 amide bonds. The Labute approximate surface area is 71.2 Å². The van der Waals surface area contributed by atoms with E-state index in [0.717, 1.165) is 17.2 Å². The van der Waals surface area contributed by atoms with Gasteiger partial charge in [-0.2, -0.15) is 11.8 Å². The second-order valence-corrected chi connectivity index (χ2v) is 3.47. The Hall–Kier alpha value is -0.700. The minimum atomic E-state index is 0.610. The Bertz CT molecular complexity index is 225. The first kappa shape index (κ1) is 8.40. The van der Waals surface area contributed by atoms with Crippen molar-refractivity contribution < 1.29 is 0 Å². The van der Waals surface area contributed by atoms with Crippen LogP contribution in [-0.2, 0) is 5.75 Å². The average Bonchev–Trinajstić information content (AvgIpc) is 2.01. The zero-order valence-electron chi connectivity index (χ0n) is 6.58. The molecule has 0 fully saturated rings. The fraction of sp³-hybridized carbons (Fsp3) is 0.375. The van der Waals surface area contributed by atoms with Crippen LogP contribution in [0.1, 0.15) is 12.6 Å². The van der Waals surface area contributed by atoms with Crippen molar-refractivity contribution in [2.24, 2.45) is 0 Å². The lowest BCUT2D eigenvalue weighted by Crippen LogP contribution is -1.93. The first-order valence-corrected chi connectivity index (χ1v) is 4.77. The molecular formula is C8H12N2S. The maximum Gasteiger partial charge on any atom is 0.123 e. The number of anilines is 1. The molecule has 3 heteroatoms. The number of thioether (sulfide) groups is 1. The molecule has 0 aliphatic heterocycles. The number of rotatable bonds is 3. The summed E-state index contributed by atoms with van der Waals surface area (Å²) in [4.78, 5) is 4.17. The summed E-state index contributed by atoms with van der Waals surface area (Å²) < 4.78 is 0. The highest BCUT2D eigenvalue weighted by molar-refractivity contribution is 7.98. The summed E-state index contributed by atoms with van der Waals surface area (Å²) in [6.45, 7) is 2.14. The van der Waals surface area contributed by atoms with Crippen molar-refractivity contribution in [3.05, 3.63) is 23.9 Å². The Morgan fingerprint density at radius 2 is 2.36 bits per heavy atom. The molecule has 2 N–H and O–H groups in total. The standard InChI is InChI=1S/C8H12N2S/c1-2-11-6-7-4-3-5-8(9)10-7/h3-5H,2,6H2,1H3,(H2,9,10). The minimum Gasteiger partial charge on any atom is -0.384 e. The highest BCUT2D eigenvalue weighted by atomic mass is 32.2. The molecule has 2 nitrogen and oxygen atoms in total. The van der Waals surface area contributed by atoms with Gasteiger partial charge in [0, 0.05) is 5.75 Å². The predicted molar refractivity (Wildman–Crippen MR) is 50.5 cm³/mol. The molecule has 0 saturated heterocycles. The van der Waals surface area contributed by atoms with E-state index >= 15 is 0 Å². The maximum atomic E-state index is 5.51. The fourth-order valence-electron chi connectivity index (χ4n) is 0.785. The van der Waals surface area contributed by atoms with Crippen molar-refractivity contribution >= 4 is 17.6 Å². The van der Waals surface area contributed by atoms with Crippen LogP contribution in [0.15, 0.2) is 18.2 Å². The molecule has 1 aromatic heterocycles. The third kappa shape index (κ3) is 2.80. The quantitative estimate of drug-likeness (QED) is 0.749. The van der Waals surface area contributed by atoms with Gasteiger partial charge in [0.25, 0.3) is 0 Å². The Balaban J connectivity index is 2.56. The number of hydrogen-bond donors (Lipinski definition) is 1. The molecule has 0 aromatic carbocycles. The summed E-state index contributed by atoms with van der Waals surface area (Å²) in [6, 6.07) is 5.74. The molecule has 0 saturated carbocycles. The third-order valence-electron chi connectivity index (χ3n) is 1.28. The van der Waals surface area contributed by atoms with Crippen LogP contribution in [-0.4, -0.2) is 10.7 Å². The summed E-state index contributed by atoms with van der Waals surface area (Å²) in [5, 5.41) is 0. The summed E-state index contributed by atoms with van der Waals surface area (Å²) in [6.07, 6.45) is 0. The number of hydrogen-bond acceptors (Lipinski definition) is 3. The normalized spacial score (nSPS) is 9.91. The first-order valence-electron chi connectivity index (χ1n) is 3.62. The van der Waals surface area contributed by atoms with Crippen LogP contribution in [0.5, 0.6) is 0 Å². The van der Waals surface area contributed by atoms with E-state index in [1.54, 1.807) is 6.07 Å². The van der Waals surface area contributed by atoms with Crippen molar-refractivity contribution in [3.63, 3.8) is 0 Å². The van der Waals surface area contributed by atoms with Crippen molar-refractivity contribution in [3.8, 4) is 0 Å². The third-order valence-corrected chi connectivity index (χ3v) is 2.19. The molecule has 0 bridgehead atoms. The number of aromatic nitrogens is 1. The molecule has 1 rings (SSSR count). The Morgan fingerprint density at radius 3 is 3.00 bits per heavy atom. The van der Waals surface area contributed by atoms with Crippen LogP contribution in [0.3, 0.4) is 0 Å². The summed E-state index contributed by atoms with van der Waals surface area (Å²) >= 11 is 1.85. The monoisotopic (exact) mass is 168 g/mol. The van der Waals surface area contributed by atoms with Crippen LogP contribution >= 0.6 is 11.8 Å². The molecule has 1 aromatic rings. The summed E-state index contributed by atoms with van der Waals surface area (Å²) in [5.41, 5.74) is 6.58. The zero-order valence-corrected chi connectivity index (χ0v) is 7.40. The largest absolute Gasteiger partial charge is 0.384 e. The van der Waals surface area contributed by atoms with E-state index in [0.29, 0.717) is 5.82 Å². The van der Waals surface area contributed by atoms with E-state index in [9.17, 15) is 0 Å². The zero-order chi connectivity index (χ0) is 8.10. The topological polar surface area (TPSA) is 38.9 Å². The lowest BCUT2D eigenvalue weighted by Gasteiger charge is -1.98. The Morgan fingerprint density at radius 1 is 1.55 bits per heavy atom. The molecule has 1 heterocycles. The van der Waals surface area contributed by atoms with Gasteiger partial charge < -0.3 is 5.73 Å². The van der Waals surface area contributed by atoms with Crippen molar-refractivity contribution in [1.29, 1.82) is 0 Å². The van der Waals surface area contributed by atoms with E-state index in [1.165, 1.54) is 0 Å². The van der Waals surface area contributed by atoms with Crippen molar-refractivity contribution in [2.75, 3.05) is 11.5 Å². The molecule has 0 radical (unpaired) electrons. The molecule has 0 unspecified atom stereocenters. The SMILES string of the molecule is CCSCc1cccc(N)n1. The van der Waals surface area contributed by atoms with Gasteiger partial charge in [-0.05, 0) is 17.9 Å². The molecular weight excluding hydrogens is 156 g/mol. The number of pyridine rings is 1. The molecule has 0 spiro atoms. The van der Waals surface area contributed by atoms with Crippen LogP contribution in [0.4, 0.5) is 5.82 Å². The highest BCUT2D eigenvalue weighted by Gasteiger charge is 1.93. The molecule has 0 aliphatic rings. The van der Waals surface area contributed by atoms with E-state index < -0.39 is 0 Å². The summed E-state index contributed by atoms with van der Waals surface area (Å²) in [5.74, 6) is 2.69. The van der Waals surface area contributed by atoms with Gasteiger partial charge in [0.15, 0.2) is 0 Å². The van der Waals surface area contributed by atoms with Gasteiger partial charge in [0.05, 0.1) is 5.69 Å². The second-order valence-electron chi connectivity index (χ2n) is 2.19. The first-order chi connectivity index (χ1) is 5.33. The number of nitrogens with two attached hydrogens (primary N) is 1. The molecule has 0 atom stereocenters. The molecule has 0 aliphatic carbocycles. The maximum absolute atomic E-state index is 5.51. The van der Waals surface area contributed by atoms with Gasteiger partial charge in [0.2, 0.25) is 0 Å². The van der Waals surface area contributed by atoms with E-state index in [4.69, 9.17) is 5.73 Å². The average molecular weight is 168 g/mol. The van der Waals surface area contributed by atoms with E-state index in [-0.39, 0.29) is 0 Å². The van der Waals surface area contributed by atoms with Gasteiger partial charge in [-0.15, -0.1) is 0 Å². The van der Waals surface area contributed by atoms with Crippen LogP contribution < -0.4 is 5.73 Å². The lowest BCUT2D eigenvalue weighted by atomic mass is 10.4. The molecule has 11 heavy (non-hydrogen) atoms. The van der Waals surface area contributed by atoms with Gasteiger partial charge in [0.1, 0.15) is 5.82 Å². The van der Waals surface area contributed by atoms with E-state index in [1.807, 2.05) is 23.9 Å². The van der Waals surface area contributed by atoms with Gasteiger partial charge in [-0.3, -0.25) is 0 Å². The van der Waals surface area contributed by atoms with Crippen LogP contribution in [0.25, 0.3) is 0 Å². The molecule has 60 valence electrons. The fourth-order valence-corrected chi connectivity index (χ4v) is 1.36. The van der Waals surface area contributed by atoms with Gasteiger partial charge in [-0.1, -0.05) is 13.0 Å². The highest BCUT2D eigenvalue weighted by Crippen LogP contribution is 2.09. The van der Waals surface area contributed by atoms with Crippen LogP contribution in [0.2, 0.25) is 0 Å². The van der Waals surface area contributed by atoms with Gasteiger partial charge >= 0.3 is 0 Å². The van der Waals surface area contributed by atoms with E-state index in [2.05, 4.69) is 11.9 Å². The summed E-state index contributed by atoms with van der Waals surface area (Å²) in [7, 11) is 0. The van der Waals surface area contributed by atoms with Gasteiger partial charge in [-0.25, -0.2) is 4.98 Å². The number of nitrogens with zero attached hydrogens (tertiary/aromatic N) is 1. The minimum absolute atomic E-state index is 0.610. The smallest absolute Gasteiger partial charge is 0.123 e. The van der Waals surface area contributed by atoms with Crippen molar-refractivity contribution in [1.82, 2.24) is 4.98 Å². The number of nitrogen functional groups attached to an aromatic ring is 1. The second kappa shape index (κ2) is 4.23. The predicted octanol–water partition coefficient (Wildman–Crippen LogP) is 1.92. The lowest BCUT2D eigenvalue weighted by molar-refractivity contribution is 1.18.